The second-order valence-electron chi connectivity index (χ2n) is 12.4. The molecular weight excluding hydrogens is 578 g/mol. The van der Waals surface area contributed by atoms with Gasteiger partial charge in [-0.15, -0.1) is 11.3 Å². The van der Waals surface area contributed by atoms with Crippen LogP contribution in [0.2, 0.25) is 5.02 Å². The molecule has 4 aromatic rings. The molecule has 1 amide bonds. The van der Waals surface area contributed by atoms with Crippen LogP contribution in [0.5, 0.6) is 0 Å². The lowest BCUT2D eigenvalue weighted by atomic mass is 9.85. The third-order valence-corrected chi connectivity index (χ3v) is 11.0. The number of fused-ring (bicyclic) bond motifs is 1. The lowest BCUT2D eigenvalue weighted by molar-refractivity contribution is -0.141. The summed E-state index contributed by atoms with van der Waals surface area (Å²) in [5.74, 6) is 1.02. The van der Waals surface area contributed by atoms with Gasteiger partial charge in [-0.25, -0.2) is 4.98 Å². The maximum Gasteiger partial charge on any atom is 0.256 e. The lowest BCUT2D eigenvalue weighted by Gasteiger charge is -2.24. The van der Waals surface area contributed by atoms with Crippen LogP contribution < -0.4 is 5.56 Å². The minimum atomic E-state index is -1.33. The van der Waals surface area contributed by atoms with Gasteiger partial charge in [0.15, 0.2) is 6.10 Å². The highest BCUT2D eigenvalue weighted by Gasteiger charge is 2.50. The molecule has 2 aromatic carbocycles. The van der Waals surface area contributed by atoms with Crippen LogP contribution in [-0.2, 0) is 23.2 Å². The summed E-state index contributed by atoms with van der Waals surface area (Å²) in [4.78, 5) is 38.2. The van der Waals surface area contributed by atoms with Gasteiger partial charge < -0.3 is 15.0 Å². The number of halogens is 1. The Kier molecular flexibility index (Phi) is 7.74. The molecule has 6 nitrogen and oxygen atoms in total. The van der Waals surface area contributed by atoms with Crippen molar-refractivity contribution >= 4 is 28.8 Å². The second-order valence-corrected chi connectivity index (χ2v) is 13.8. The van der Waals surface area contributed by atoms with Crippen molar-refractivity contribution in [1.82, 2.24) is 14.9 Å². The first-order chi connectivity index (χ1) is 20.9. The van der Waals surface area contributed by atoms with Crippen LogP contribution in [0.25, 0.3) is 11.1 Å². The van der Waals surface area contributed by atoms with E-state index in [1.54, 1.807) is 11.0 Å². The number of hydrogen-bond acceptors (Lipinski definition) is 5. The van der Waals surface area contributed by atoms with Gasteiger partial charge in [0.1, 0.15) is 5.82 Å². The quantitative estimate of drug-likeness (QED) is 0.239. The number of carbonyl (C=O) groups excluding carboxylic acids is 1. The Labute approximate surface area is 260 Å². The molecule has 0 spiro atoms. The Hall–Kier alpha value is -3.26. The Morgan fingerprint density at radius 3 is 2.58 bits per heavy atom. The molecule has 0 saturated heterocycles. The lowest BCUT2D eigenvalue weighted by Crippen LogP contribution is -2.36. The number of amides is 1. The van der Waals surface area contributed by atoms with Crippen molar-refractivity contribution in [2.24, 2.45) is 0 Å². The van der Waals surface area contributed by atoms with Gasteiger partial charge in [-0.1, -0.05) is 61.2 Å². The summed E-state index contributed by atoms with van der Waals surface area (Å²) in [6.07, 6.45) is 8.47. The van der Waals surface area contributed by atoms with Gasteiger partial charge in [0, 0.05) is 16.4 Å². The molecule has 7 rings (SSSR count). The number of benzene rings is 2. The van der Waals surface area contributed by atoms with E-state index >= 15 is 0 Å². The highest BCUT2D eigenvalue weighted by atomic mass is 35.5. The Bertz CT molecular complexity index is 1720. The van der Waals surface area contributed by atoms with E-state index in [1.165, 1.54) is 42.5 Å². The number of hydrogen-bond donors (Lipinski definition) is 2. The minimum absolute atomic E-state index is 0.139. The van der Waals surface area contributed by atoms with E-state index < -0.39 is 12.0 Å². The number of aryl methyl sites for hydroxylation is 1. The number of nitrogens with one attached hydrogen (secondary N) is 1. The molecule has 2 fully saturated rings. The summed E-state index contributed by atoms with van der Waals surface area (Å²) in [6.45, 7) is 0.593. The highest BCUT2D eigenvalue weighted by Crippen LogP contribution is 2.54. The summed E-state index contributed by atoms with van der Waals surface area (Å²) in [6, 6.07) is 17.2. The van der Waals surface area contributed by atoms with Crippen LogP contribution in [0.15, 0.2) is 64.8 Å². The smallest absolute Gasteiger partial charge is 0.256 e. The van der Waals surface area contributed by atoms with E-state index in [-0.39, 0.29) is 17.5 Å². The highest BCUT2D eigenvalue weighted by molar-refractivity contribution is 7.10. The molecule has 0 bridgehead atoms. The maximum absolute atomic E-state index is 13.6. The molecule has 1 unspecified atom stereocenters. The van der Waals surface area contributed by atoms with Crippen LogP contribution >= 0.6 is 22.9 Å². The second kappa shape index (κ2) is 11.7. The number of carbonyl (C=O) groups is 1. The predicted octanol–water partition coefficient (Wildman–Crippen LogP) is 7.29. The number of nitrogens with zero attached hydrogens (tertiary/aromatic N) is 2. The Morgan fingerprint density at radius 1 is 1.05 bits per heavy atom. The van der Waals surface area contributed by atoms with Crippen molar-refractivity contribution in [3.63, 3.8) is 0 Å². The van der Waals surface area contributed by atoms with E-state index in [4.69, 9.17) is 16.6 Å². The minimum Gasteiger partial charge on any atom is -0.378 e. The number of thiophene rings is 1. The van der Waals surface area contributed by atoms with Crippen LogP contribution in [0.3, 0.4) is 0 Å². The molecule has 3 heterocycles. The van der Waals surface area contributed by atoms with Crippen LogP contribution in [0.1, 0.15) is 96.5 Å². The van der Waals surface area contributed by atoms with Crippen LogP contribution in [-0.4, -0.2) is 32.4 Å². The normalized spacial score (nSPS) is 19.0. The fraction of sp³-hybridized carbons (Fsp3) is 0.400. The van der Waals surface area contributed by atoms with E-state index in [0.717, 1.165) is 35.5 Å². The SMILES string of the molecule is O=C(C(O)c1cccc(-c2cccc(Cl)c2)c1)N1CCCc2nc(C3(c4cc(C5CCCCC5)cs4)CC3)[nH]c(=O)c2C1. The maximum atomic E-state index is 13.6. The largest absolute Gasteiger partial charge is 0.378 e. The first kappa shape index (κ1) is 28.5. The monoisotopic (exact) mass is 613 g/mol. The molecule has 43 heavy (non-hydrogen) atoms. The van der Waals surface area contributed by atoms with E-state index in [0.29, 0.717) is 41.5 Å². The molecule has 2 aliphatic carbocycles. The summed E-state index contributed by atoms with van der Waals surface area (Å²) in [7, 11) is 0. The molecule has 0 radical (unpaired) electrons. The number of rotatable bonds is 6. The van der Waals surface area contributed by atoms with Gasteiger partial charge in [-0.2, -0.15) is 0 Å². The molecule has 1 atom stereocenters. The molecule has 2 N–H and O–H groups in total. The molecule has 2 saturated carbocycles. The van der Waals surface area contributed by atoms with Crippen molar-refractivity contribution < 1.29 is 9.90 Å². The van der Waals surface area contributed by atoms with Gasteiger partial charge >= 0.3 is 0 Å². The summed E-state index contributed by atoms with van der Waals surface area (Å²) in [5, 5.41) is 14.1. The Balaban J connectivity index is 1.11. The van der Waals surface area contributed by atoms with Crippen molar-refractivity contribution in [3.05, 3.63) is 108 Å². The fourth-order valence-corrected chi connectivity index (χ4v) is 8.33. The summed E-state index contributed by atoms with van der Waals surface area (Å²) < 4.78 is 0. The van der Waals surface area contributed by atoms with Gasteiger partial charge in [0.2, 0.25) is 0 Å². The van der Waals surface area contributed by atoms with E-state index in [2.05, 4.69) is 16.4 Å². The van der Waals surface area contributed by atoms with Gasteiger partial charge in [0.25, 0.3) is 11.5 Å². The molecular formula is C35H36ClN3O3S. The van der Waals surface area contributed by atoms with E-state index in [9.17, 15) is 14.7 Å². The predicted molar refractivity (Wildman–Crippen MR) is 171 cm³/mol. The zero-order valence-corrected chi connectivity index (χ0v) is 25.7. The molecule has 222 valence electrons. The first-order valence-corrected chi connectivity index (χ1v) is 16.7. The number of aromatic nitrogens is 2. The van der Waals surface area contributed by atoms with Gasteiger partial charge in [-0.3, -0.25) is 9.59 Å². The standard InChI is InChI=1S/C35H36ClN3O3S/c36-27-12-5-10-24(18-27)23-9-4-11-25(17-23)31(40)33(42)39-16-6-13-29-28(20-39)32(41)38-34(37-29)35(14-15-35)30-19-26(21-43-30)22-7-2-1-3-8-22/h4-5,9-12,17-19,21-22,31,40H,1-3,6-8,13-16,20H2,(H,37,38,41). The fourth-order valence-electron chi connectivity index (χ4n) is 6.88. The van der Waals surface area contributed by atoms with Crippen molar-refractivity contribution in [3.8, 4) is 11.1 Å². The van der Waals surface area contributed by atoms with E-state index in [1.807, 2.05) is 53.8 Å². The first-order valence-electron chi connectivity index (χ1n) is 15.5. The third-order valence-electron chi connectivity index (χ3n) is 9.57. The zero-order chi connectivity index (χ0) is 29.6. The number of H-pyrrole nitrogens is 1. The van der Waals surface area contributed by atoms with Gasteiger partial charge in [-0.05, 0) is 96.3 Å². The van der Waals surface area contributed by atoms with Gasteiger partial charge in [0.05, 0.1) is 23.2 Å². The number of aliphatic hydroxyl groups excluding tert-OH is 1. The molecule has 1 aliphatic heterocycles. The summed E-state index contributed by atoms with van der Waals surface area (Å²) in [5.41, 5.74) is 4.67. The zero-order valence-electron chi connectivity index (χ0n) is 24.2. The van der Waals surface area contributed by atoms with Crippen molar-refractivity contribution in [2.75, 3.05) is 6.54 Å². The average Bonchev–Trinajstić information content (AvgIpc) is 3.75. The topological polar surface area (TPSA) is 86.3 Å². The third kappa shape index (κ3) is 5.59. The van der Waals surface area contributed by atoms with Crippen molar-refractivity contribution in [1.29, 1.82) is 0 Å². The van der Waals surface area contributed by atoms with Crippen LogP contribution in [0, 0.1) is 0 Å². The number of aliphatic hydroxyl groups is 1. The summed E-state index contributed by atoms with van der Waals surface area (Å²) >= 11 is 7.99. The molecule has 8 heteroatoms. The Morgan fingerprint density at radius 2 is 1.81 bits per heavy atom. The van der Waals surface area contributed by atoms with Crippen LogP contribution in [0.4, 0.5) is 0 Å². The van der Waals surface area contributed by atoms with Crippen molar-refractivity contribution in [2.45, 2.75) is 81.8 Å². The molecule has 3 aliphatic rings. The number of aromatic amines is 1. The average molecular weight is 614 g/mol. The molecule has 2 aromatic heterocycles.